The highest BCUT2D eigenvalue weighted by Gasteiger charge is 2.24. The summed E-state index contributed by atoms with van der Waals surface area (Å²) >= 11 is 1.33. The average Bonchev–Trinajstić information content (AvgIpc) is 2.37. The van der Waals surface area contributed by atoms with Gasteiger partial charge in [0, 0.05) is 13.2 Å². The maximum atomic E-state index is 11.5. The highest BCUT2D eigenvalue weighted by atomic mass is 32.2. The molecule has 2 unspecified atom stereocenters. The lowest BCUT2D eigenvalue weighted by atomic mass is 9.79. The van der Waals surface area contributed by atoms with Crippen molar-refractivity contribution in [2.45, 2.75) is 25.7 Å². The summed E-state index contributed by atoms with van der Waals surface area (Å²) in [5.74, 6) is 1.46. The molecule has 0 spiro atoms. The molecule has 0 aromatic heterocycles. The molecule has 0 saturated heterocycles. The predicted molar refractivity (Wildman–Crippen MR) is 68.5 cm³/mol. The number of amides is 1. The number of nitrogens with one attached hydrogen (secondary N) is 1. The van der Waals surface area contributed by atoms with Gasteiger partial charge in [-0.3, -0.25) is 4.79 Å². The topological polar surface area (TPSA) is 73.1 Å². The zero-order valence-electron chi connectivity index (χ0n) is 10.0. The molecule has 1 saturated carbocycles. The van der Waals surface area contributed by atoms with Gasteiger partial charge in [-0.2, -0.15) is 5.26 Å². The Kier molecular flexibility index (Phi) is 7.06. The van der Waals surface area contributed by atoms with Gasteiger partial charge in [0.15, 0.2) is 0 Å². The minimum atomic E-state index is -0.00693. The van der Waals surface area contributed by atoms with Crippen LogP contribution in [0.25, 0.3) is 0 Å². The van der Waals surface area contributed by atoms with Crippen LogP contribution in [-0.2, 0) is 4.79 Å². The van der Waals surface area contributed by atoms with Crippen molar-refractivity contribution in [3.05, 3.63) is 0 Å². The van der Waals surface area contributed by atoms with Gasteiger partial charge >= 0.3 is 0 Å². The Balaban J connectivity index is 2.19. The van der Waals surface area contributed by atoms with E-state index in [2.05, 4.69) is 5.32 Å². The summed E-state index contributed by atoms with van der Waals surface area (Å²) in [4.78, 5) is 11.5. The molecule has 1 amide bonds. The molecule has 0 radical (unpaired) electrons. The van der Waals surface area contributed by atoms with Crippen LogP contribution in [0.15, 0.2) is 0 Å². The minimum Gasteiger partial charge on any atom is -0.396 e. The highest BCUT2D eigenvalue weighted by Crippen LogP contribution is 2.28. The number of nitriles is 1. The third-order valence-electron chi connectivity index (χ3n) is 3.26. The van der Waals surface area contributed by atoms with Crippen molar-refractivity contribution in [2.24, 2.45) is 11.8 Å². The maximum Gasteiger partial charge on any atom is 0.230 e. The van der Waals surface area contributed by atoms with Crippen LogP contribution in [0.3, 0.4) is 0 Å². The van der Waals surface area contributed by atoms with Gasteiger partial charge in [-0.1, -0.05) is 12.8 Å². The number of carbonyl (C=O) groups is 1. The van der Waals surface area contributed by atoms with Gasteiger partial charge < -0.3 is 10.4 Å². The van der Waals surface area contributed by atoms with E-state index in [1.807, 2.05) is 6.07 Å². The molecule has 0 heterocycles. The van der Waals surface area contributed by atoms with Gasteiger partial charge in [0.2, 0.25) is 5.91 Å². The van der Waals surface area contributed by atoms with Gasteiger partial charge in [-0.25, -0.2) is 0 Å². The van der Waals surface area contributed by atoms with Gasteiger partial charge in [-0.05, 0) is 24.7 Å². The molecule has 1 fully saturated rings. The molecular formula is C12H20N2O2S. The second kappa shape index (κ2) is 8.37. The van der Waals surface area contributed by atoms with Crippen LogP contribution in [0.1, 0.15) is 25.7 Å². The molecule has 1 aliphatic carbocycles. The Labute approximate surface area is 107 Å². The van der Waals surface area contributed by atoms with E-state index in [0.717, 1.165) is 12.8 Å². The van der Waals surface area contributed by atoms with E-state index in [-0.39, 0.29) is 12.5 Å². The van der Waals surface area contributed by atoms with Gasteiger partial charge in [0.25, 0.3) is 0 Å². The predicted octanol–water partition coefficient (Wildman–Crippen LogP) is 1.16. The summed E-state index contributed by atoms with van der Waals surface area (Å²) in [7, 11) is 0. The van der Waals surface area contributed by atoms with Crippen molar-refractivity contribution in [3.8, 4) is 6.07 Å². The molecule has 0 aliphatic heterocycles. The van der Waals surface area contributed by atoms with Crippen molar-refractivity contribution in [3.63, 3.8) is 0 Å². The first-order valence-corrected chi connectivity index (χ1v) is 7.25. The van der Waals surface area contributed by atoms with E-state index >= 15 is 0 Å². The summed E-state index contributed by atoms with van der Waals surface area (Å²) in [6, 6.07) is 1.99. The van der Waals surface area contributed by atoms with E-state index < -0.39 is 0 Å². The van der Waals surface area contributed by atoms with Crippen molar-refractivity contribution in [1.82, 2.24) is 5.32 Å². The van der Waals surface area contributed by atoms with Crippen molar-refractivity contribution in [1.29, 1.82) is 5.26 Å². The molecule has 17 heavy (non-hydrogen) atoms. The fourth-order valence-electron chi connectivity index (χ4n) is 2.28. The number of hydrogen-bond donors (Lipinski definition) is 2. The second-order valence-electron chi connectivity index (χ2n) is 4.44. The largest absolute Gasteiger partial charge is 0.396 e. The molecule has 4 nitrogen and oxygen atoms in total. The molecule has 1 rings (SSSR count). The maximum absolute atomic E-state index is 11.5. The first-order chi connectivity index (χ1) is 8.27. The molecule has 5 heteroatoms. The number of carbonyl (C=O) groups excluding carboxylic acids is 1. The lowest BCUT2D eigenvalue weighted by molar-refractivity contribution is -0.118. The number of hydrogen-bond acceptors (Lipinski definition) is 4. The molecule has 96 valence electrons. The Morgan fingerprint density at radius 1 is 1.41 bits per heavy atom. The summed E-state index contributed by atoms with van der Waals surface area (Å²) in [5.41, 5.74) is 0. The number of thioether (sulfide) groups is 1. The third-order valence-corrected chi connectivity index (χ3v) is 4.06. The third kappa shape index (κ3) is 5.42. The normalized spacial score (nSPS) is 24.0. The van der Waals surface area contributed by atoms with Crippen LogP contribution in [-0.4, -0.2) is 35.7 Å². The minimum absolute atomic E-state index is 0.00693. The number of aliphatic hydroxyl groups excluding tert-OH is 1. The van der Waals surface area contributed by atoms with Gasteiger partial charge in [0.1, 0.15) is 0 Å². The van der Waals surface area contributed by atoms with Crippen LogP contribution < -0.4 is 5.32 Å². The quantitative estimate of drug-likeness (QED) is 0.699. The second-order valence-corrected chi connectivity index (χ2v) is 5.43. The first kappa shape index (κ1) is 14.3. The summed E-state index contributed by atoms with van der Waals surface area (Å²) in [5, 5.41) is 20.5. The average molecular weight is 256 g/mol. The molecule has 1 aliphatic rings. The number of aliphatic hydroxyl groups is 1. The SMILES string of the molecule is N#CCSCC(=O)NCC1CCCCC1CO. The molecular weight excluding hydrogens is 236 g/mol. The van der Waals surface area contributed by atoms with Crippen LogP contribution in [0.5, 0.6) is 0 Å². The molecule has 0 bridgehead atoms. The van der Waals surface area contributed by atoms with E-state index in [9.17, 15) is 9.90 Å². The summed E-state index contributed by atoms with van der Waals surface area (Å²) in [6.45, 7) is 0.890. The Morgan fingerprint density at radius 2 is 2.12 bits per heavy atom. The van der Waals surface area contributed by atoms with E-state index in [1.165, 1.54) is 24.6 Å². The lowest BCUT2D eigenvalue weighted by Gasteiger charge is -2.30. The molecule has 2 atom stereocenters. The van der Waals surface area contributed by atoms with Crippen LogP contribution >= 0.6 is 11.8 Å². The Bertz CT molecular complexity index is 278. The van der Waals surface area contributed by atoms with Crippen molar-refractivity contribution in [2.75, 3.05) is 24.7 Å². The number of rotatable bonds is 6. The van der Waals surface area contributed by atoms with Crippen LogP contribution in [0, 0.1) is 23.2 Å². The van der Waals surface area contributed by atoms with Crippen LogP contribution in [0.4, 0.5) is 0 Å². The zero-order valence-corrected chi connectivity index (χ0v) is 10.8. The molecule has 0 aromatic rings. The number of nitrogens with zero attached hydrogens (tertiary/aromatic N) is 1. The van der Waals surface area contributed by atoms with Gasteiger partial charge in [-0.15, -0.1) is 11.8 Å². The van der Waals surface area contributed by atoms with Crippen molar-refractivity contribution < 1.29 is 9.90 Å². The van der Waals surface area contributed by atoms with Crippen LogP contribution in [0.2, 0.25) is 0 Å². The first-order valence-electron chi connectivity index (χ1n) is 6.10. The molecule has 2 N–H and O–H groups in total. The monoisotopic (exact) mass is 256 g/mol. The smallest absolute Gasteiger partial charge is 0.230 e. The highest BCUT2D eigenvalue weighted by molar-refractivity contribution is 8.00. The van der Waals surface area contributed by atoms with Gasteiger partial charge in [0.05, 0.1) is 17.6 Å². The van der Waals surface area contributed by atoms with E-state index in [1.54, 1.807) is 0 Å². The Hall–Kier alpha value is -0.730. The Morgan fingerprint density at radius 3 is 2.76 bits per heavy atom. The lowest BCUT2D eigenvalue weighted by Crippen LogP contribution is -2.36. The summed E-state index contributed by atoms with van der Waals surface area (Å²) < 4.78 is 0. The van der Waals surface area contributed by atoms with Crippen molar-refractivity contribution >= 4 is 17.7 Å². The fraction of sp³-hybridized carbons (Fsp3) is 0.833. The van der Waals surface area contributed by atoms with E-state index in [0.29, 0.717) is 29.9 Å². The zero-order chi connectivity index (χ0) is 12.5. The molecule has 0 aromatic carbocycles. The summed E-state index contributed by atoms with van der Waals surface area (Å²) in [6.07, 6.45) is 4.55. The fourth-order valence-corrected chi connectivity index (χ4v) is 2.76. The van der Waals surface area contributed by atoms with E-state index in [4.69, 9.17) is 5.26 Å². The standard InChI is InChI=1S/C12H20N2O2S/c13-5-6-17-9-12(16)14-7-10-3-1-2-4-11(10)8-15/h10-11,15H,1-4,6-9H2,(H,14,16).